The van der Waals surface area contributed by atoms with Crippen LogP contribution in [0, 0.1) is 10.8 Å². The molecule has 0 aliphatic heterocycles. The second-order valence-corrected chi connectivity index (χ2v) is 2.46. The van der Waals surface area contributed by atoms with Crippen LogP contribution in [0.25, 0.3) is 0 Å². The van der Waals surface area contributed by atoms with Gasteiger partial charge in [-0.3, -0.25) is 0 Å². The molecule has 1 aromatic rings. The molecule has 1 aromatic carbocycles. The first-order chi connectivity index (χ1) is 7.91. The van der Waals surface area contributed by atoms with Crippen LogP contribution in [-0.4, -0.2) is 12.4 Å². The van der Waals surface area contributed by atoms with Crippen molar-refractivity contribution in [3.63, 3.8) is 0 Å². The third kappa shape index (κ3) is 9.10. The van der Waals surface area contributed by atoms with Crippen LogP contribution in [0.3, 0.4) is 0 Å². The number of nitrogen functional groups attached to an aromatic ring is 1. The van der Waals surface area contributed by atoms with Crippen molar-refractivity contribution in [2.75, 3.05) is 5.73 Å². The Balaban J connectivity index is 0. The highest BCUT2D eigenvalue weighted by atomic mass is 19.4. The summed E-state index contributed by atoms with van der Waals surface area (Å²) >= 11 is 0. The molecule has 1 rings (SSSR count). The summed E-state index contributed by atoms with van der Waals surface area (Å²) in [6.45, 7) is 4.00. The molecule has 0 radical (unpaired) electrons. The quantitative estimate of drug-likeness (QED) is 0.514. The number of hydrogen-bond acceptors (Lipinski definition) is 3. The topological polar surface area (TPSA) is 73.7 Å². The van der Waals surface area contributed by atoms with Crippen molar-refractivity contribution in [3.05, 3.63) is 29.8 Å². The minimum atomic E-state index is -4.30. The van der Waals surface area contributed by atoms with Crippen LogP contribution >= 0.6 is 0 Å². The van der Waals surface area contributed by atoms with Crippen molar-refractivity contribution in [2.24, 2.45) is 0 Å². The first kappa shape index (κ1) is 17.5. The molecule has 6 heteroatoms. The second-order valence-electron chi connectivity index (χ2n) is 2.46. The van der Waals surface area contributed by atoms with Crippen LogP contribution in [0.1, 0.15) is 19.4 Å². The zero-order valence-corrected chi connectivity index (χ0v) is 9.68. The Kier molecular flexibility index (Phi) is 9.68. The van der Waals surface area contributed by atoms with Gasteiger partial charge in [0.15, 0.2) is 0 Å². The molecule has 0 heterocycles. The Morgan fingerprint density at radius 2 is 1.59 bits per heavy atom. The average molecular weight is 247 g/mol. The molecule has 0 aromatic heterocycles. The molecule has 0 saturated heterocycles. The number of nitrogens with one attached hydrogen (secondary N) is 2. The van der Waals surface area contributed by atoms with E-state index < -0.39 is 11.7 Å². The van der Waals surface area contributed by atoms with E-state index in [0.717, 1.165) is 24.6 Å². The molecule has 17 heavy (non-hydrogen) atoms. The van der Waals surface area contributed by atoms with E-state index in [4.69, 9.17) is 16.6 Å². The Hall–Kier alpha value is -1.85. The van der Waals surface area contributed by atoms with E-state index in [9.17, 15) is 13.2 Å². The normalized spacial score (nSPS) is 9.00. The monoisotopic (exact) mass is 247 g/mol. The summed E-state index contributed by atoms with van der Waals surface area (Å²) in [5.74, 6) is 0. The lowest BCUT2D eigenvalue weighted by atomic mass is 10.2. The Bertz CT molecular complexity index is 329. The van der Waals surface area contributed by atoms with Gasteiger partial charge in [-0.05, 0) is 18.2 Å². The molecule has 0 saturated carbocycles. The molecule has 0 fully saturated rings. The van der Waals surface area contributed by atoms with Crippen molar-refractivity contribution < 1.29 is 13.2 Å². The standard InChI is InChI=1S/C7H6F3N.C2H4N2.C2H6/c8-7(9,10)5-2-1-3-6(11)4-5;3-1-2-4;1-2/h1-4H,11H2;1-4H;1-2H3. The van der Waals surface area contributed by atoms with Gasteiger partial charge in [0.1, 0.15) is 0 Å². The van der Waals surface area contributed by atoms with Crippen molar-refractivity contribution in [1.29, 1.82) is 10.8 Å². The molecule has 0 aliphatic carbocycles. The van der Waals surface area contributed by atoms with Gasteiger partial charge in [-0.2, -0.15) is 13.2 Å². The van der Waals surface area contributed by atoms with Gasteiger partial charge < -0.3 is 16.6 Å². The zero-order valence-electron chi connectivity index (χ0n) is 9.68. The number of hydrogen-bond donors (Lipinski definition) is 3. The molecule has 0 bridgehead atoms. The smallest absolute Gasteiger partial charge is 0.399 e. The van der Waals surface area contributed by atoms with Crippen molar-refractivity contribution in [1.82, 2.24) is 0 Å². The summed E-state index contributed by atoms with van der Waals surface area (Å²) in [5, 5.41) is 12.2. The van der Waals surface area contributed by atoms with Gasteiger partial charge in [-0.1, -0.05) is 19.9 Å². The van der Waals surface area contributed by atoms with Crippen LogP contribution in [0.4, 0.5) is 18.9 Å². The predicted octanol–water partition coefficient (Wildman–Crippen LogP) is 3.60. The lowest BCUT2D eigenvalue weighted by Crippen LogP contribution is -2.04. The number of anilines is 1. The zero-order chi connectivity index (χ0) is 13.9. The maximum atomic E-state index is 11.9. The van der Waals surface area contributed by atoms with Crippen LogP contribution in [0.5, 0.6) is 0 Å². The molecule has 0 unspecified atom stereocenters. The van der Waals surface area contributed by atoms with E-state index in [2.05, 4.69) is 0 Å². The van der Waals surface area contributed by atoms with E-state index in [1.165, 1.54) is 12.1 Å². The van der Waals surface area contributed by atoms with Gasteiger partial charge in [-0.15, -0.1) is 0 Å². The maximum Gasteiger partial charge on any atom is 0.416 e. The van der Waals surface area contributed by atoms with Crippen molar-refractivity contribution in [3.8, 4) is 0 Å². The molecular formula is C11H16F3N3. The fourth-order valence-electron chi connectivity index (χ4n) is 0.715. The van der Waals surface area contributed by atoms with E-state index in [0.29, 0.717) is 0 Å². The summed E-state index contributed by atoms with van der Waals surface area (Å²) in [6.07, 6.45) is -2.46. The summed E-state index contributed by atoms with van der Waals surface area (Å²) in [6, 6.07) is 4.57. The Morgan fingerprint density at radius 1 is 1.12 bits per heavy atom. The van der Waals surface area contributed by atoms with Crippen LogP contribution in [0.2, 0.25) is 0 Å². The largest absolute Gasteiger partial charge is 0.416 e. The van der Waals surface area contributed by atoms with Crippen molar-refractivity contribution >= 4 is 18.1 Å². The highest BCUT2D eigenvalue weighted by Gasteiger charge is 2.30. The molecule has 0 aliphatic rings. The summed E-state index contributed by atoms with van der Waals surface area (Å²) in [5.41, 5.74) is 4.57. The number of nitrogens with two attached hydrogens (primary N) is 1. The minimum absolute atomic E-state index is 0.125. The predicted molar refractivity (Wildman–Crippen MR) is 64.8 cm³/mol. The van der Waals surface area contributed by atoms with E-state index in [1.54, 1.807) is 0 Å². The van der Waals surface area contributed by atoms with Gasteiger partial charge in [0.25, 0.3) is 0 Å². The second kappa shape index (κ2) is 9.38. The third-order valence-corrected chi connectivity index (χ3v) is 1.30. The molecule has 0 atom stereocenters. The number of halogens is 3. The average Bonchev–Trinajstić information content (AvgIpc) is 2.31. The van der Waals surface area contributed by atoms with Gasteiger partial charge in [0.05, 0.1) is 5.56 Å². The number of rotatable bonds is 1. The lowest BCUT2D eigenvalue weighted by molar-refractivity contribution is -0.137. The van der Waals surface area contributed by atoms with Gasteiger partial charge in [0, 0.05) is 18.1 Å². The number of alkyl halides is 3. The highest BCUT2D eigenvalue weighted by Crippen LogP contribution is 2.29. The molecule has 0 amide bonds. The Labute approximate surface area is 98.5 Å². The minimum Gasteiger partial charge on any atom is -0.399 e. The fourth-order valence-corrected chi connectivity index (χ4v) is 0.715. The molecular weight excluding hydrogens is 231 g/mol. The third-order valence-electron chi connectivity index (χ3n) is 1.30. The summed E-state index contributed by atoms with van der Waals surface area (Å²) < 4.78 is 35.7. The van der Waals surface area contributed by atoms with Crippen molar-refractivity contribution in [2.45, 2.75) is 20.0 Å². The molecule has 96 valence electrons. The number of benzene rings is 1. The first-order valence-electron chi connectivity index (χ1n) is 4.84. The van der Waals surface area contributed by atoms with Gasteiger partial charge in [0.2, 0.25) is 0 Å². The lowest BCUT2D eigenvalue weighted by Gasteiger charge is -2.05. The van der Waals surface area contributed by atoms with Crippen LogP contribution in [0.15, 0.2) is 24.3 Å². The van der Waals surface area contributed by atoms with E-state index in [-0.39, 0.29) is 5.69 Å². The Morgan fingerprint density at radius 3 is 1.82 bits per heavy atom. The van der Waals surface area contributed by atoms with E-state index in [1.807, 2.05) is 13.8 Å². The first-order valence-corrected chi connectivity index (χ1v) is 4.84. The van der Waals surface area contributed by atoms with E-state index >= 15 is 0 Å². The molecule has 3 nitrogen and oxygen atoms in total. The maximum absolute atomic E-state index is 11.9. The van der Waals surface area contributed by atoms with Gasteiger partial charge in [-0.25, -0.2) is 0 Å². The SMILES string of the molecule is CC.N=CC=N.Nc1cccc(C(F)(F)F)c1. The summed E-state index contributed by atoms with van der Waals surface area (Å²) in [4.78, 5) is 0. The van der Waals surface area contributed by atoms with Crippen LogP contribution < -0.4 is 5.73 Å². The van der Waals surface area contributed by atoms with Crippen LogP contribution in [-0.2, 0) is 6.18 Å². The van der Waals surface area contributed by atoms with Gasteiger partial charge >= 0.3 is 6.18 Å². The fraction of sp³-hybridized carbons (Fsp3) is 0.273. The summed E-state index contributed by atoms with van der Waals surface area (Å²) in [7, 11) is 0. The highest BCUT2D eigenvalue weighted by molar-refractivity contribution is 6.12. The molecule has 0 spiro atoms. The molecule has 4 N–H and O–H groups in total.